The highest BCUT2D eigenvalue weighted by Crippen LogP contribution is 2.29. The fraction of sp³-hybridized carbons (Fsp3) is 0.600. The van der Waals surface area contributed by atoms with Crippen LogP contribution in [0.1, 0.15) is 38.2 Å². The van der Waals surface area contributed by atoms with E-state index in [1.54, 1.807) is 18.2 Å². The maximum absolute atomic E-state index is 12.3. The lowest BCUT2D eigenvalue weighted by atomic mass is 9.83. The van der Waals surface area contributed by atoms with Gasteiger partial charge < -0.3 is 5.32 Å². The van der Waals surface area contributed by atoms with Crippen LogP contribution in [-0.4, -0.2) is 20.5 Å². The third kappa shape index (κ3) is 3.77. The van der Waals surface area contributed by atoms with Crippen molar-refractivity contribution < 1.29 is 8.42 Å². The van der Waals surface area contributed by atoms with Crippen molar-refractivity contribution in [1.29, 1.82) is 0 Å². The third-order valence-corrected chi connectivity index (χ3v) is 6.06. The molecule has 0 aromatic heterocycles. The van der Waals surface area contributed by atoms with E-state index < -0.39 is 10.0 Å². The third-order valence-electron chi connectivity index (χ3n) is 4.19. The summed E-state index contributed by atoms with van der Waals surface area (Å²) < 4.78 is 27.3. The molecule has 2 saturated carbocycles. The Balaban J connectivity index is 1.67. The Labute approximate surface area is 131 Å². The molecule has 0 radical (unpaired) electrons. The van der Waals surface area contributed by atoms with E-state index in [0.717, 1.165) is 18.4 Å². The summed E-state index contributed by atoms with van der Waals surface area (Å²) in [5.74, 6) is 0.608. The summed E-state index contributed by atoms with van der Waals surface area (Å²) in [5.41, 5.74) is 0.944. The Kier molecular flexibility index (Phi) is 4.28. The van der Waals surface area contributed by atoms with Gasteiger partial charge in [0.1, 0.15) is 0 Å². The minimum Gasteiger partial charge on any atom is -0.310 e. The topological polar surface area (TPSA) is 58.2 Å². The van der Waals surface area contributed by atoms with Gasteiger partial charge in [-0.25, -0.2) is 13.1 Å². The molecule has 0 aliphatic heterocycles. The van der Waals surface area contributed by atoms with Gasteiger partial charge in [-0.1, -0.05) is 24.6 Å². The van der Waals surface area contributed by atoms with E-state index in [0.29, 0.717) is 23.5 Å². The Hall–Kier alpha value is -0.620. The van der Waals surface area contributed by atoms with Crippen LogP contribution in [-0.2, 0) is 16.6 Å². The molecule has 0 unspecified atom stereocenters. The molecule has 1 aromatic carbocycles. The summed E-state index contributed by atoms with van der Waals surface area (Å²) in [6, 6.07) is 5.66. The van der Waals surface area contributed by atoms with Crippen molar-refractivity contribution in [3.05, 3.63) is 28.8 Å². The average molecular weight is 329 g/mol. The van der Waals surface area contributed by atoms with E-state index in [2.05, 4.69) is 17.0 Å². The van der Waals surface area contributed by atoms with Crippen molar-refractivity contribution in [2.75, 3.05) is 0 Å². The summed E-state index contributed by atoms with van der Waals surface area (Å²) in [5, 5.41) is 3.89. The second-order valence-electron chi connectivity index (χ2n) is 6.30. The summed E-state index contributed by atoms with van der Waals surface area (Å²) >= 11 is 6.21. The monoisotopic (exact) mass is 328 g/mol. The van der Waals surface area contributed by atoms with Crippen LogP contribution in [0.4, 0.5) is 0 Å². The molecule has 0 heterocycles. The van der Waals surface area contributed by atoms with Crippen molar-refractivity contribution in [3.63, 3.8) is 0 Å². The van der Waals surface area contributed by atoms with Crippen molar-refractivity contribution >= 4 is 21.6 Å². The fourth-order valence-corrected chi connectivity index (χ4v) is 4.27. The zero-order chi connectivity index (χ0) is 15.0. The number of sulfonamides is 1. The molecule has 0 spiro atoms. The van der Waals surface area contributed by atoms with E-state index in [9.17, 15) is 8.42 Å². The maximum Gasteiger partial charge on any atom is 0.240 e. The van der Waals surface area contributed by atoms with Gasteiger partial charge in [0.2, 0.25) is 10.0 Å². The van der Waals surface area contributed by atoms with E-state index in [1.807, 2.05) is 0 Å². The Morgan fingerprint density at radius 1 is 1.24 bits per heavy atom. The Morgan fingerprint density at radius 2 is 1.95 bits per heavy atom. The van der Waals surface area contributed by atoms with E-state index >= 15 is 0 Å². The summed E-state index contributed by atoms with van der Waals surface area (Å²) in [6.45, 7) is 2.82. The quantitative estimate of drug-likeness (QED) is 0.844. The maximum atomic E-state index is 12.3. The first-order valence-corrected chi connectivity index (χ1v) is 9.34. The molecule has 2 N–H and O–H groups in total. The standard InChI is InChI=1S/C15H21ClN2O2S/c1-10-6-13(7-10)18-21(19,20)14-5-2-11(15(16)8-14)9-17-12-3-4-12/h2,5,8,10,12-13,17-18H,3-4,6-7,9H2,1H3. The number of hydrogen-bond donors (Lipinski definition) is 2. The Morgan fingerprint density at radius 3 is 2.52 bits per heavy atom. The van der Waals surface area contributed by atoms with Crippen LogP contribution < -0.4 is 10.0 Å². The zero-order valence-corrected chi connectivity index (χ0v) is 13.7. The number of rotatable bonds is 6. The smallest absolute Gasteiger partial charge is 0.240 e. The number of nitrogens with one attached hydrogen (secondary N) is 2. The zero-order valence-electron chi connectivity index (χ0n) is 12.1. The van der Waals surface area contributed by atoms with Gasteiger partial charge in [-0.2, -0.15) is 0 Å². The molecule has 0 amide bonds. The van der Waals surface area contributed by atoms with Crippen molar-refractivity contribution in [3.8, 4) is 0 Å². The van der Waals surface area contributed by atoms with Crippen molar-refractivity contribution in [2.24, 2.45) is 5.92 Å². The highest BCUT2D eigenvalue weighted by atomic mass is 35.5. The van der Waals surface area contributed by atoms with Crippen LogP contribution in [0.15, 0.2) is 23.1 Å². The summed E-state index contributed by atoms with van der Waals surface area (Å²) in [4.78, 5) is 0.252. The van der Waals surface area contributed by atoms with Crippen LogP contribution in [0.25, 0.3) is 0 Å². The fourth-order valence-electron chi connectivity index (χ4n) is 2.67. The molecule has 2 fully saturated rings. The van der Waals surface area contributed by atoms with Crippen LogP contribution in [0.3, 0.4) is 0 Å². The lowest BCUT2D eigenvalue weighted by molar-refractivity contribution is 0.270. The summed E-state index contributed by atoms with van der Waals surface area (Å²) in [7, 11) is -3.46. The molecular formula is C15H21ClN2O2S. The SMILES string of the molecule is CC1CC(NS(=O)(=O)c2ccc(CNC3CC3)c(Cl)c2)C1. The van der Waals surface area contributed by atoms with Crippen LogP contribution in [0.5, 0.6) is 0 Å². The molecular weight excluding hydrogens is 308 g/mol. The first-order chi connectivity index (χ1) is 9.94. The molecule has 2 aliphatic rings. The number of benzene rings is 1. The molecule has 21 heavy (non-hydrogen) atoms. The van der Waals surface area contributed by atoms with Gasteiger partial charge in [-0.3, -0.25) is 0 Å². The largest absolute Gasteiger partial charge is 0.310 e. The highest BCUT2D eigenvalue weighted by Gasteiger charge is 2.30. The average Bonchev–Trinajstić information content (AvgIpc) is 3.19. The molecule has 116 valence electrons. The molecule has 0 bridgehead atoms. The number of hydrogen-bond acceptors (Lipinski definition) is 3. The van der Waals surface area contributed by atoms with Gasteiger partial charge in [0.25, 0.3) is 0 Å². The lowest BCUT2D eigenvalue weighted by Gasteiger charge is -2.32. The van der Waals surface area contributed by atoms with E-state index in [1.165, 1.54) is 12.8 Å². The summed E-state index contributed by atoms with van der Waals surface area (Å²) in [6.07, 6.45) is 4.26. The molecule has 1 aromatic rings. The minimum atomic E-state index is -3.46. The predicted octanol–water partition coefficient (Wildman–Crippen LogP) is 2.67. The number of halogens is 1. The van der Waals surface area contributed by atoms with Gasteiger partial charge in [-0.05, 0) is 49.3 Å². The first-order valence-electron chi connectivity index (χ1n) is 7.48. The second-order valence-corrected chi connectivity index (χ2v) is 8.42. The van der Waals surface area contributed by atoms with E-state index in [-0.39, 0.29) is 10.9 Å². The van der Waals surface area contributed by atoms with E-state index in [4.69, 9.17) is 11.6 Å². The second kappa shape index (κ2) is 5.88. The molecule has 2 aliphatic carbocycles. The van der Waals surface area contributed by atoms with Crippen LogP contribution in [0.2, 0.25) is 5.02 Å². The first kappa shape index (κ1) is 15.3. The predicted molar refractivity (Wildman–Crippen MR) is 83.8 cm³/mol. The minimum absolute atomic E-state index is 0.0694. The van der Waals surface area contributed by atoms with Gasteiger partial charge in [-0.15, -0.1) is 0 Å². The van der Waals surface area contributed by atoms with Crippen LogP contribution >= 0.6 is 11.6 Å². The van der Waals surface area contributed by atoms with Crippen LogP contribution in [0, 0.1) is 5.92 Å². The molecule has 4 nitrogen and oxygen atoms in total. The highest BCUT2D eigenvalue weighted by molar-refractivity contribution is 7.89. The lowest BCUT2D eigenvalue weighted by Crippen LogP contribution is -2.43. The van der Waals surface area contributed by atoms with Crippen molar-refractivity contribution in [1.82, 2.24) is 10.0 Å². The molecule has 3 rings (SSSR count). The molecule has 0 atom stereocenters. The van der Waals surface area contributed by atoms with Gasteiger partial charge >= 0.3 is 0 Å². The normalized spacial score (nSPS) is 25.6. The Bertz CT molecular complexity index is 623. The molecule has 6 heteroatoms. The van der Waals surface area contributed by atoms with Gasteiger partial charge in [0, 0.05) is 23.7 Å². The van der Waals surface area contributed by atoms with Crippen molar-refractivity contribution in [2.45, 2.75) is 56.1 Å². The van der Waals surface area contributed by atoms with Gasteiger partial charge in [0.05, 0.1) is 4.90 Å². The molecule has 0 saturated heterocycles. The van der Waals surface area contributed by atoms with Gasteiger partial charge in [0.15, 0.2) is 0 Å².